The number of hydrogen-bond donors (Lipinski definition) is 0. The zero-order chi connectivity index (χ0) is 16.2. The van der Waals surface area contributed by atoms with Crippen LogP contribution in [-0.4, -0.2) is 47.0 Å². The predicted octanol–water partition coefficient (Wildman–Crippen LogP) is 2.62. The van der Waals surface area contributed by atoms with Gasteiger partial charge in [-0.2, -0.15) is 0 Å². The molecule has 3 rings (SSSR count). The first-order valence-electron chi connectivity index (χ1n) is 7.40. The molecule has 120 valence electrons. The average Bonchev–Trinajstić information content (AvgIpc) is 2.81. The maximum Gasteiger partial charge on any atom is 0.255 e. The van der Waals surface area contributed by atoms with Crippen LogP contribution >= 0.6 is 11.6 Å². The summed E-state index contributed by atoms with van der Waals surface area (Å²) in [5.74, 6) is -0.459. The molecule has 0 saturated carbocycles. The minimum atomic E-state index is -0.343. The standard InChI is InChI=1S/C16H16ClFN4O/c17-13-10-19-4-2-12(13)16(23)22-7-1-6-21(8-9-22)15-3-5-20-11-14(15)18/h2-5,10-11H,1,6-9H2. The van der Waals surface area contributed by atoms with E-state index in [1.165, 1.54) is 12.4 Å². The highest BCUT2D eigenvalue weighted by atomic mass is 35.5. The lowest BCUT2D eigenvalue weighted by Gasteiger charge is -2.24. The molecular formula is C16H16ClFN4O. The van der Waals surface area contributed by atoms with Gasteiger partial charge in [0.1, 0.15) is 0 Å². The van der Waals surface area contributed by atoms with Crippen LogP contribution in [0.3, 0.4) is 0 Å². The highest BCUT2D eigenvalue weighted by Crippen LogP contribution is 2.21. The lowest BCUT2D eigenvalue weighted by Crippen LogP contribution is -2.35. The number of aromatic nitrogens is 2. The Morgan fingerprint density at radius 1 is 1.09 bits per heavy atom. The molecule has 0 atom stereocenters. The molecule has 2 aromatic heterocycles. The molecule has 1 aliphatic rings. The fourth-order valence-corrected chi connectivity index (χ4v) is 2.90. The fourth-order valence-electron chi connectivity index (χ4n) is 2.70. The quantitative estimate of drug-likeness (QED) is 0.847. The second kappa shape index (κ2) is 6.91. The monoisotopic (exact) mass is 334 g/mol. The van der Waals surface area contributed by atoms with Crippen molar-refractivity contribution >= 4 is 23.2 Å². The van der Waals surface area contributed by atoms with E-state index in [4.69, 9.17) is 11.6 Å². The lowest BCUT2D eigenvalue weighted by atomic mass is 10.2. The van der Waals surface area contributed by atoms with Gasteiger partial charge in [-0.25, -0.2) is 4.39 Å². The molecule has 1 saturated heterocycles. The Morgan fingerprint density at radius 2 is 1.87 bits per heavy atom. The summed E-state index contributed by atoms with van der Waals surface area (Å²) in [6.45, 7) is 2.38. The molecule has 7 heteroatoms. The van der Waals surface area contributed by atoms with Crippen LogP contribution in [0.1, 0.15) is 16.8 Å². The molecule has 1 amide bonds. The van der Waals surface area contributed by atoms with Crippen molar-refractivity contribution in [3.05, 3.63) is 53.3 Å². The van der Waals surface area contributed by atoms with E-state index in [9.17, 15) is 9.18 Å². The van der Waals surface area contributed by atoms with E-state index in [0.717, 1.165) is 6.42 Å². The van der Waals surface area contributed by atoms with E-state index in [-0.39, 0.29) is 11.7 Å². The van der Waals surface area contributed by atoms with Gasteiger partial charge in [0, 0.05) is 44.8 Å². The third-order valence-electron chi connectivity index (χ3n) is 3.88. The smallest absolute Gasteiger partial charge is 0.255 e. The van der Waals surface area contributed by atoms with Gasteiger partial charge in [-0.1, -0.05) is 11.6 Å². The Labute approximate surface area is 138 Å². The number of carbonyl (C=O) groups excluding carboxylic acids is 1. The third-order valence-corrected chi connectivity index (χ3v) is 4.18. The van der Waals surface area contributed by atoms with Gasteiger partial charge >= 0.3 is 0 Å². The molecule has 2 aromatic rings. The van der Waals surface area contributed by atoms with Gasteiger partial charge in [0.05, 0.1) is 22.5 Å². The largest absolute Gasteiger partial charge is 0.367 e. The molecule has 0 radical (unpaired) electrons. The molecule has 0 aliphatic carbocycles. The molecule has 0 unspecified atom stereocenters. The molecule has 0 aromatic carbocycles. The SMILES string of the molecule is O=C(c1ccncc1Cl)N1CCCN(c2ccncc2F)CC1. The molecular weight excluding hydrogens is 319 g/mol. The third kappa shape index (κ3) is 3.42. The van der Waals surface area contributed by atoms with Crippen LogP contribution in [0.25, 0.3) is 0 Å². The maximum absolute atomic E-state index is 13.9. The van der Waals surface area contributed by atoms with E-state index in [0.29, 0.717) is 42.5 Å². The van der Waals surface area contributed by atoms with E-state index >= 15 is 0 Å². The Balaban J connectivity index is 1.73. The first-order chi connectivity index (χ1) is 11.2. The number of anilines is 1. The number of hydrogen-bond acceptors (Lipinski definition) is 4. The van der Waals surface area contributed by atoms with Gasteiger partial charge in [-0.3, -0.25) is 14.8 Å². The zero-order valence-electron chi connectivity index (χ0n) is 12.5. The Kier molecular flexibility index (Phi) is 4.71. The molecule has 3 heterocycles. The maximum atomic E-state index is 13.9. The van der Waals surface area contributed by atoms with Gasteiger partial charge in [0.15, 0.2) is 5.82 Å². The normalized spacial score (nSPS) is 15.4. The van der Waals surface area contributed by atoms with Crippen molar-refractivity contribution in [2.24, 2.45) is 0 Å². The molecule has 1 aliphatic heterocycles. The molecule has 0 N–H and O–H groups in total. The number of carbonyl (C=O) groups is 1. The van der Waals surface area contributed by atoms with Crippen molar-refractivity contribution in [3.8, 4) is 0 Å². The summed E-state index contributed by atoms with van der Waals surface area (Å²) in [5, 5.41) is 0.346. The molecule has 0 spiro atoms. The summed E-state index contributed by atoms with van der Waals surface area (Å²) in [6.07, 6.45) is 6.56. The van der Waals surface area contributed by atoms with Crippen molar-refractivity contribution in [1.82, 2.24) is 14.9 Å². The van der Waals surface area contributed by atoms with E-state index < -0.39 is 0 Å². The van der Waals surface area contributed by atoms with Crippen molar-refractivity contribution in [1.29, 1.82) is 0 Å². The van der Waals surface area contributed by atoms with Crippen LogP contribution in [0, 0.1) is 5.82 Å². The second-order valence-corrected chi connectivity index (χ2v) is 5.72. The number of halogens is 2. The van der Waals surface area contributed by atoms with Gasteiger partial charge < -0.3 is 9.80 Å². The van der Waals surface area contributed by atoms with Gasteiger partial charge in [0.2, 0.25) is 0 Å². The fraction of sp³-hybridized carbons (Fsp3) is 0.312. The van der Waals surface area contributed by atoms with Crippen molar-refractivity contribution in [3.63, 3.8) is 0 Å². The number of rotatable bonds is 2. The molecule has 1 fully saturated rings. The summed E-state index contributed by atoms with van der Waals surface area (Å²) < 4.78 is 13.9. The van der Waals surface area contributed by atoms with Gasteiger partial charge in [0.25, 0.3) is 5.91 Å². The van der Waals surface area contributed by atoms with E-state index in [1.54, 1.807) is 29.4 Å². The topological polar surface area (TPSA) is 49.3 Å². The number of amides is 1. The van der Waals surface area contributed by atoms with Crippen LogP contribution in [0.5, 0.6) is 0 Å². The Bertz CT molecular complexity index is 712. The Morgan fingerprint density at radius 3 is 2.65 bits per heavy atom. The highest BCUT2D eigenvalue weighted by molar-refractivity contribution is 6.33. The Hall–Kier alpha value is -2.21. The van der Waals surface area contributed by atoms with E-state index in [1.807, 2.05) is 4.90 Å². The van der Waals surface area contributed by atoms with Crippen LogP contribution in [0.4, 0.5) is 10.1 Å². The molecule has 23 heavy (non-hydrogen) atoms. The van der Waals surface area contributed by atoms with Crippen molar-refractivity contribution < 1.29 is 9.18 Å². The van der Waals surface area contributed by atoms with Crippen LogP contribution in [0.2, 0.25) is 5.02 Å². The first kappa shape index (κ1) is 15.7. The summed E-state index contributed by atoms with van der Waals surface area (Å²) in [5.41, 5.74) is 0.974. The minimum Gasteiger partial charge on any atom is -0.367 e. The highest BCUT2D eigenvalue weighted by Gasteiger charge is 2.23. The van der Waals surface area contributed by atoms with Crippen LogP contribution in [-0.2, 0) is 0 Å². The minimum absolute atomic E-state index is 0.116. The average molecular weight is 335 g/mol. The number of nitrogens with zero attached hydrogens (tertiary/aromatic N) is 4. The van der Waals surface area contributed by atoms with E-state index in [2.05, 4.69) is 9.97 Å². The summed E-state index contributed by atoms with van der Waals surface area (Å²) >= 11 is 6.05. The summed E-state index contributed by atoms with van der Waals surface area (Å²) in [6, 6.07) is 3.28. The first-order valence-corrected chi connectivity index (χ1v) is 7.78. The van der Waals surface area contributed by atoms with Gasteiger partial charge in [-0.15, -0.1) is 0 Å². The van der Waals surface area contributed by atoms with Gasteiger partial charge in [-0.05, 0) is 18.6 Å². The van der Waals surface area contributed by atoms with Crippen molar-refractivity contribution in [2.75, 3.05) is 31.1 Å². The second-order valence-electron chi connectivity index (χ2n) is 5.32. The summed E-state index contributed by atoms with van der Waals surface area (Å²) in [7, 11) is 0. The summed E-state index contributed by atoms with van der Waals surface area (Å²) in [4.78, 5) is 24.0. The lowest BCUT2D eigenvalue weighted by molar-refractivity contribution is 0.0767. The van der Waals surface area contributed by atoms with Crippen LogP contribution < -0.4 is 4.90 Å². The molecule has 0 bridgehead atoms. The predicted molar refractivity (Wildman–Crippen MR) is 86.2 cm³/mol. The zero-order valence-corrected chi connectivity index (χ0v) is 13.2. The molecule has 5 nitrogen and oxygen atoms in total. The van der Waals surface area contributed by atoms with Crippen LogP contribution in [0.15, 0.2) is 36.9 Å². The number of pyridine rings is 2. The van der Waals surface area contributed by atoms with Crippen molar-refractivity contribution in [2.45, 2.75) is 6.42 Å².